The molecule has 0 fully saturated rings. The molecular weight excluding hydrogens is 216 g/mol. The van der Waals surface area contributed by atoms with E-state index in [0.29, 0.717) is 0 Å². The van der Waals surface area contributed by atoms with Gasteiger partial charge in [-0.1, -0.05) is 12.1 Å². The summed E-state index contributed by atoms with van der Waals surface area (Å²) in [6.45, 7) is 2.66. The largest absolute Gasteiger partial charge is 0.493 e. The van der Waals surface area contributed by atoms with Gasteiger partial charge in [-0.15, -0.1) is 0 Å². The minimum absolute atomic E-state index is 0.00821. The molecule has 1 amide bonds. The fraction of sp³-hybridized carbons (Fsp3) is 0.462. The van der Waals surface area contributed by atoms with E-state index in [1.54, 1.807) is 19.1 Å². The summed E-state index contributed by atoms with van der Waals surface area (Å²) in [5.41, 5.74) is 5.01. The molecule has 0 spiro atoms. The maximum atomic E-state index is 11.9. The molecule has 0 aromatic heterocycles. The lowest BCUT2D eigenvalue weighted by Crippen LogP contribution is -2.38. The SMILES string of the molecule is CC(C(=O)NN(C)C)c1ccc2c(c1)CCO2. The molecule has 1 aromatic carbocycles. The van der Waals surface area contributed by atoms with Crippen molar-refractivity contribution in [2.24, 2.45) is 0 Å². The summed E-state index contributed by atoms with van der Waals surface area (Å²) in [5, 5.41) is 1.66. The lowest BCUT2D eigenvalue weighted by molar-refractivity contribution is -0.125. The van der Waals surface area contributed by atoms with Crippen LogP contribution in [0.1, 0.15) is 24.0 Å². The van der Waals surface area contributed by atoms with Gasteiger partial charge >= 0.3 is 0 Å². The number of hydrogen-bond donors (Lipinski definition) is 1. The second kappa shape index (κ2) is 4.75. The topological polar surface area (TPSA) is 41.6 Å². The molecule has 1 aromatic rings. The second-order valence-electron chi connectivity index (χ2n) is 4.56. The number of carbonyl (C=O) groups is 1. The van der Waals surface area contributed by atoms with Crippen molar-refractivity contribution in [3.8, 4) is 5.75 Å². The van der Waals surface area contributed by atoms with Crippen LogP contribution in [0.2, 0.25) is 0 Å². The Morgan fingerprint density at radius 2 is 2.24 bits per heavy atom. The molecule has 1 N–H and O–H groups in total. The lowest BCUT2D eigenvalue weighted by atomic mass is 9.97. The predicted octanol–water partition coefficient (Wildman–Crippen LogP) is 1.32. The smallest absolute Gasteiger partial charge is 0.241 e. The molecule has 1 aliphatic heterocycles. The van der Waals surface area contributed by atoms with Gasteiger partial charge in [-0.05, 0) is 24.1 Å². The van der Waals surface area contributed by atoms with Crippen molar-refractivity contribution in [3.63, 3.8) is 0 Å². The van der Waals surface area contributed by atoms with E-state index < -0.39 is 0 Å². The van der Waals surface area contributed by atoms with E-state index in [1.165, 1.54) is 5.56 Å². The first kappa shape index (κ1) is 11.9. The molecule has 1 unspecified atom stereocenters. The van der Waals surface area contributed by atoms with Crippen LogP contribution in [0.25, 0.3) is 0 Å². The van der Waals surface area contributed by atoms with Gasteiger partial charge in [-0.2, -0.15) is 0 Å². The van der Waals surface area contributed by atoms with Crippen molar-refractivity contribution in [2.75, 3.05) is 20.7 Å². The van der Waals surface area contributed by atoms with Crippen LogP contribution in [0.5, 0.6) is 5.75 Å². The van der Waals surface area contributed by atoms with Gasteiger partial charge in [0.15, 0.2) is 0 Å². The molecular formula is C13H18N2O2. The van der Waals surface area contributed by atoms with Gasteiger partial charge in [0.2, 0.25) is 5.91 Å². The van der Waals surface area contributed by atoms with Crippen molar-refractivity contribution in [2.45, 2.75) is 19.3 Å². The van der Waals surface area contributed by atoms with Crippen LogP contribution < -0.4 is 10.2 Å². The van der Waals surface area contributed by atoms with E-state index in [1.807, 2.05) is 19.1 Å². The molecule has 0 saturated heterocycles. The molecule has 1 heterocycles. The van der Waals surface area contributed by atoms with E-state index in [9.17, 15) is 4.79 Å². The number of benzene rings is 1. The highest BCUT2D eigenvalue weighted by atomic mass is 16.5. The lowest BCUT2D eigenvalue weighted by Gasteiger charge is -2.17. The standard InChI is InChI=1S/C13H18N2O2/c1-9(13(16)14-15(2)3)10-4-5-12-11(8-10)6-7-17-12/h4-5,8-9H,6-7H2,1-3H3,(H,14,16). The van der Waals surface area contributed by atoms with E-state index in [2.05, 4.69) is 11.5 Å². The third kappa shape index (κ3) is 2.58. The molecule has 4 heteroatoms. The first-order valence-electron chi connectivity index (χ1n) is 5.81. The van der Waals surface area contributed by atoms with Crippen LogP contribution in [-0.4, -0.2) is 31.6 Å². The normalized spacial score (nSPS) is 15.3. The molecule has 0 bridgehead atoms. The monoisotopic (exact) mass is 234 g/mol. The summed E-state index contributed by atoms with van der Waals surface area (Å²) in [6.07, 6.45) is 0.936. The van der Waals surface area contributed by atoms with E-state index in [4.69, 9.17) is 4.74 Å². The number of carbonyl (C=O) groups excluding carboxylic acids is 1. The number of nitrogens with one attached hydrogen (secondary N) is 1. The van der Waals surface area contributed by atoms with Gasteiger partial charge in [0.05, 0.1) is 12.5 Å². The minimum Gasteiger partial charge on any atom is -0.493 e. The van der Waals surface area contributed by atoms with Gasteiger partial charge in [-0.25, -0.2) is 5.01 Å². The molecule has 0 saturated carbocycles. The van der Waals surface area contributed by atoms with Crippen LogP contribution >= 0.6 is 0 Å². The van der Waals surface area contributed by atoms with Gasteiger partial charge in [-0.3, -0.25) is 10.2 Å². The van der Waals surface area contributed by atoms with Crippen LogP contribution in [0.3, 0.4) is 0 Å². The summed E-state index contributed by atoms with van der Waals surface area (Å²) in [4.78, 5) is 11.9. The number of fused-ring (bicyclic) bond motifs is 1. The molecule has 92 valence electrons. The molecule has 1 aliphatic rings. The van der Waals surface area contributed by atoms with Crippen molar-refractivity contribution in [3.05, 3.63) is 29.3 Å². The average molecular weight is 234 g/mol. The fourth-order valence-electron chi connectivity index (χ4n) is 1.94. The Morgan fingerprint density at radius 1 is 1.47 bits per heavy atom. The van der Waals surface area contributed by atoms with Gasteiger partial charge < -0.3 is 4.74 Å². The Bertz CT molecular complexity index is 429. The van der Waals surface area contributed by atoms with Crippen LogP contribution in [0.15, 0.2) is 18.2 Å². The zero-order chi connectivity index (χ0) is 12.4. The highest BCUT2D eigenvalue weighted by molar-refractivity contribution is 5.82. The maximum absolute atomic E-state index is 11.9. The van der Waals surface area contributed by atoms with Gasteiger partial charge in [0.1, 0.15) is 5.75 Å². The van der Waals surface area contributed by atoms with Crippen LogP contribution in [-0.2, 0) is 11.2 Å². The Hall–Kier alpha value is -1.55. The van der Waals surface area contributed by atoms with E-state index >= 15 is 0 Å². The van der Waals surface area contributed by atoms with E-state index in [-0.39, 0.29) is 11.8 Å². The predicted molar refractivity (Wildman–Crippen MR) is 65.9 cm³/mol. The zero-order valence-corrected chi connectivity index (χ0v) is 10.5. The Balaban J connectivity index is 2.14. The molecule has 2 rings (SSSR count). The maximum Gasteiger partial charge on any atom is 0.241 e. The molecule has 0 aliphatic carbocycles. The van der Waals surface area contributed by atoms with Crippen molar-refractivity contribution < 1.29 is 9.53 Å². The Morgan fingerprint density at radius 3 is 2.94 bits per heavy atom. The fourth-order valence-corrected chi connectivity index (χ4v) is 1.94. The summed E-state index contributed by atoms with van der Waals surface area (Å²) in [5.74, 6) is 0.811. The zero-order valence-electron chi connectivity index (χ0n) is 10.5. The van der Waals surface area contributed by atoms with Crippen molar-refractivity contribution in [1.29, 1.82) is 0 Å². The van der Waals surface area contributed by atoms with Gasteiger partial charge in [0.25, 0.3) is 0 Å². The molecule has 1 atom stereocenters. The number of rotatable bonds is 3. The Kier molecular flexibility index (Phi) is 3.33. The summed E-state index contributed by atoms with van der Waals surface area (Å²) >= 11 is 0. The van der Waals surface area contributed by atoms with Crippen LogP contribution in [0.4, 0.5) is 0 Å². The molecule has 17 heavy (non-hydrogen) atoms. The second-order valence-corrected chi connectivity index (χ2v) is 4.56. The summed E-state index contributed by atoms with van der Waals surface area (Å²) < 4.78 is 5.45. The van der Waals surface area contributed by atoms with Crippen molar-refractivity contribution in [1.82, 2.24) is 10.4 Å². The average Bonchev–Trinajstić information content (AvgIpc) is 2.73. The number of nitrogens with zero attached hydrogens (tertiary/aromatic N) is 1. The first-order chi connectivity index (χ1) is 8.08. The number of amides is 1. The quantitative estimate of drug-likeness (QED) is 0.802. The highest BCUT2D eigenvalue weighted by Crippen LogP contribution is 2.28. The van der Waals surface area contributed by atoms with Crippen LogP contribution in [0, 0.1) is 0 Å². The number of ether oxygens (including phenoxy) is 1. The highest BCUT2D eigenvalue weighted by Gasteiger charge is 2.19. The first-order valence-corrected chi connectivity index (χ1v) is 5.81. The number of hydrogen-bond acceptors (Lipinski definition) is 3. The van der Waals surface area contributed by atoms with Crippen molar-refractivity contribution >= 4 is 5.91 Å². The summed E-state index contributed by atoms with van der Waals surface area (Å²) in [7, 11) is 3.61. The van der Waals surface area contributed by atoms with Gasteiger partial charge in [0, 0.05) is 20.5 Å². The Labute approximate surface area is 102 Å². The van der Waals surface area contributed by atoms with E-state index in [0.717, 1.165) is 24.3 Å². The summed E-state index contributed by atoms with van der Waals surface area (Å²) in [6, 6.07) is 5.99. The third-order valence-electron chi connectivity index (χ3n) is 2.94. The molecule has 4 nitrogen and oxygen atoms in total. The molecule has 0 radical (unpaired) electrons. The number of hydrazine groups is 1. The third-order valence-corrected chi connectivity index (χ3v) is 2.94. The minimum atomic E-state index is -0.150.